The van der Waals surface area contributed by atoms with Crippen LogP contribution in [0.2, 0.25) is 0 Å². The molecule has 0 radical (unpaired) electrons. The van der Waals surface area contributed by atoms with Crippen LogP contribution in [-0.4, -0.2) is 38.1 Å². The molecule has 0 spiro atoms. The van der Waals surface area contributed by atoms with Crippen LogP contribution in [0.5, 0.6) is 0 Å². The molecule has 12 heavy (non-hydrogen) atoms. The van der Waals surface area contributed by atoms with E-state index in [4.69, 9.17) is 5.73 Å². The van der Waals surface area contributed by atoms with E-state index in [0.717, 1.165) is 6.42 Å². The van der Waals surface area contributed by atoms with Gasteiger partial charge >= 0.3 is 0 Å². The molecular formula is C7H16N2O2S. The average Bonchev–Trinajstić information content (AvgIpc) is 2.29. The summed E-state index contributed by atoms with van der Waals surface area (Å²) in [5, 5.41) is 0. The largest absolute Gasteiger partial charge is 0.329 e. The Morgan fingerprint density at radius 1 is 1.58 bits per heavy atom. The zero-order valence-corrected chi connectivity index (χ0v) is 8.34. The molecular weight excluding hydrogens is 176 g/mol. The summed E-state index contributed by atoms with van der Waals surface area (Å²) in [4.78, 5) is 0. The molecule has 0 aromatic rings. The van der Waals surface area contributed by atoms with Crippen molar-refractivity contribution in [3.8, 4) is 0 Å². The van der Waals surface area contributed by atoms with Crippen LogP contribution in [0.4, 0.5) is 0 Å². The number of nitrogens with zero attached hydrogens (tertiary/aromatic N) is 1. The molecule has 2 N–H and O–H groups in total. The van der Waals surface area contributed by atoms with Gasteiger partial charge in [-0.15, -0.1) is 0 Å². The number of sulfonamides is 1. The second kappa shape index (κ2) is 3.32. The van der Waals surface area contributed by atoms with Gasteiger partial charge in [-0.3, -0.25) is 0 Å². The highest BCUT2D eigenvalue weighted by Crippen LogP contribution is 2.24. The molecule has 5 heteroatoms. The van der Waals surface area contributed by atoms with Gasteiger partial charge in [0.2, 0.25) is 10.0 Å². The zero-order chi connectivity index (χ0) is 9.35. The Balaban J connectivity index is 2.81. The lowest BCUT2D eigenvalue weighted by Gasteiger charge is -2.22. The molecule has 0 aromatic heterocycles. The van der Waals surface area contributed by atoms with Gasteiger partial charge in [-0.1, -0.05) is 6.92 Å². The molecule has 0 bridgehead atoms. The maximum Gasteiger partial charge on any atom is 0.211 e. The molecule has 0 amide bonds. The highest BCUT2D eigenvalue weighted by atomic mass is 32.2. The summed E-state index contributed by atoms with van der Waals surface area (Å²) in [5.74, 6) is 0.393. The number of nitrogens with two attached hydrogens (primary N) is 1. The zero-order valence-electron chi connectivity index (χ0n) is 7.53. The highest BCUT2D eigenvalue weighted by molar-refractivity contribution is 7.88. The van der Waals surface area contributed by atoms with Crippen molar-refractivity contribution in [3.63, 3.8) is 0 Å². The molecule has 1 aliphatic heterocycles. The molecule has 0 aliphatic carbocycles. The number of hydrogen-bond acceptors (Lipinski definition) is 3. The van der Waals surface area contributed by atoms with E-state index in [9.17, 15) is 8.42 Å². The fourth-order valence-corrected chi connectivity index (χ4v) is 2.96. The van der Waals surface area contributed by atoms with Gasteiger partial charge in [0.05, 0.1) is 6.26 Å². The van der Waals surface area contributed by atoms with Crippen LogP contribution in [0.3, 0.4) is 0 Å². The Hall–Kier alpha value is -0.130. The lowest BCUT2D eigenvalue weighted by Crippen LogP contribution is -2.41. The van der Waals surface area contributed by atoms with E-state index in [0.29, 0.717) is 19.0 Å². The van der Waals surface area contributed by atoms with E-state index in [2.05, 4.69) is 0 Å². The molecule has 1 rings (SSSR count). The minimum Gasteiger partial charge on any atom is -0.329 e. The van der Waals surface area contributed by atoms with E-state index in [-0.39, 0.29) is 6.04 Å². The third kappa shape index (κ3) is 1.78. The van der Waals surface area contributed by atoms with E-state index >= 15 is 0 Å². The van der Waals surface area contributed by atoms with Crippen molar-refractivity contribution in [1.29, 1.82) is 0 Å². The molecule has 1 fully saturated rings. The van der Waals surface area contributed by atoms with Crippen molar-refractivity contribution in [2.75, 3.05) is 19.3 Å². The van der Waals surface area contributed by atoms with Gasteiger partial charge in [-0.25, -0.2) is 8.42 Å². The normalized spacial score (nSPS) is 32.6. The van der Waals surface area contributed by atoms with Crippen LogP contribution in [0.1, 0.15) is 13.3 Å². The van der Waals surface area contributed by atoms with Crippen molar-refractivity contribution in [2.45, 2.75) is 19.4 Å². The Bertz CT molecular complexity index is 250. The number of rotatable bonds is 2. The van der Waals surface area contributed by atoms with Crippen molar-refractivity contribution in [1.82, 2.24) is 4.31 Å². The summed E-state index contributed by atoms with van der Waals surface area (Å²) in [5.41, 5.74) is 5.51. The van der Waals surface area contributed by atoms with Crippen LogP contribution in [0.25, 0.3) is 0 Å². The van der Waals surface area contributed by atoms with Gasteiger partial charge in [0.1, 0.15) is 0 Å². The second-order valence-corrected chi connectivity index (χ2v) is 5.38. The summed E-state index contributed by atoms with van der Waals surface area (Å²) < 4.78 is 23.9. The van der Waals surface area contributed by atoms with Crippen LogP contribution in [-0.2, 0) is 10.0 Å². The fourth-order valence-electron chi connectivity index (χ4n) is 1.73. The third-order valence-electron chi connectivity index (χ3n) is 2.50. The molecule has 1 aliphatic rings. The predicted octanol–water partition coefficient (Wildman–Crippen LogP) is -0.385. The van der Waals surface area contributed by atoms with E-state index < -0.39 is 10.0 Å². The molecule has 0 aromatic carbocycles. The average molecular weight is 192 g/mol. The second-order valence-electron chi connectivity index (χ2n) is 3.44. The summed E-state index contributed by atoms with van der Waals surface area (Å²) in [6, 6.07) is 0.0139. The Morgan fingerprint density at radius 3 is 2.50 bits per heavy atom. The van der Waals surface area contributed by atoms with Crippen molar-refractivity contribution in [3.05, 3.63) is 0 Å². The minimum absolute atomic E-state index is 0.0139. The molecule has 72 valence electrons. The summed E-state index contributed by atoms with van der Waals surface area (Å²) in [6.45, 7) is 3.10. The lowest BCUT2D eigenvalue weighted by atomic mass is 10.0. The minimum atomic E-state index is -3.04. The Labute approximate surface area is 73.8 Å². The Morgan fingerprint density at radius 2 is 2.17 bits per heavy atom. The molecule has 2 unspecified atom stereocenters. The lowest BCUT2D eigenvalue weighted by molar-refractivity contribution is 0.357. The van der Waals surface area contributed by atoms with Crippen molar-refractivity contribution >= 4 is 10.0 Å². The maximum atomic E-state index is 11.2. The van der Waals surface area contributed by atoms with Crippen molar-refractivity contribution < 1.29 is 8.42 Å². The smallest absolute Gasteiger partial charge is 0.211 e. The van der Waals surface area contributed by atoms with E-state index in [1.54, 1.807) is 0 Å². The molecule has 2 atom stereocenters. The Kier molecular flexibility index (Phi) is 2.75. The first-order valence-electron chi connectivity index (χ1n) is 4.13. The van der Waals surface area contributed by atoms with Crippen LogP contribution >= 0.6 is 0 Å². The molecule has 0 saturated carbocycles. The fraction of sp³-hybridized carbons (Fsp3) is 1.00. The van der Waals surface area contributed by atoms with Gasteiger partial charge < -0.3 is 5.73 Å². The van der Waals surface area contributed by atoms with Gasteiger partial charge in [0, 0.05) is 19.1 Å². The number of hydrogen-bond donors (Lipinski definition) is 1. The predicted molar refractivity (Wildman–Crippen MR) is 48.2 cm³/mol. The van der Waals surface area contributed by atoms with Crippen molar-refractivity contribution in [2.24, 2.45) is 11.7 Å². The topological polar surface area (TPSA) is 63.4 Å². The van der Waals surface area contributed by atoms with Crippen LogP contribution in [0, 0.1) is 5.92 Å². The summed E-state index contributed by atoms with van der Waals surface area (Å²) in [6.07, 6.45) is 2.17. The van der Waals surface area contributed by atoms with Crippen LogP contribution < -0.4 is 5.73 Å². The van der Waals surface area contributed by atoms with E-state index in [1.807, 2.05) is 6.92 Å². The van der Waals surface area contributed by atoms with Gasteiger partial charge in [-0.2, -0.15) is 4.31 Å². The van der Waals surface area contributed by atoms with Crippen LogP contribution in [0.15, 0.2) is 0 Å². The molecule has 4 nitrogen and oxygen atoms in total. The monoisotopic (exact) mass is 192 g/mol. The first kappa shape index (κ1) is 9.95. The first-order valence-corrected chi connectivity index (χ1v) is 5.98. The van der Waals surface area contributed by atoms with Gasteiger partial charge in [0.25, 0.3) is 0 Å². The first-order chi connectivity index (χ1) is 5.46. The molecule has 1 saturated heterocycles. The van der Waals surface area contributed by atoms with E-state index in [1.165, 1.54) is 10.6 Å². The quantitative estimate of drug-likeness (QED) is 0.648. The van der Waals surface area contributed by atoms with Gasteiger partial charge in [-0.05, 0) is 12.3 Å². The maximum absolute atomic E-state index is 11.2. The van der Waals surface area contributed by atoms with Gasteiger partial charge in [0.15, 0.2) is 0 Å². The molecule has 1 heterocycles. The third-order valence-corrected chi connectivity index (χ3v) is 3.80. The summed E-state index contributed by atoms with van der Waals surface area (Å²) in [7, 11) is -3.04. The standard InChI is InChI=1S/C7H16N2O2S/c1-6-3-4-9(7(6)5-8)12(2,10)11/h6-7H,3-5,8H2,1-2H3. The SMILES string of the molecule is CC1CCN(S(C)(=O)=O)C1CN. The highest BCUT2D eigenvalue weighted by Gasteiger charge is 2.35. The summed E-state index contributed by atoms with van der Waals surface area (Å²) >= 11 is 0.